The Kier molecular flexibility index (Phi) is 5.04. The van der Waals surface area contributed by atoms with Gasteiger partial charge in [0.05, 0.1) is 19.0 Å². The minimum absolute atomic E-state index is 0.163. The lowest BCUT2D eigenvalue weighted by atomic mass is 10.1. The second-order valence-corrected chi connectivity index (χ2v) is 6.04. The lowest BCUT2D eigenvalue weighted by Gasteiger charge is -2.12. The van der Waals surface area contributed by atoms with Crippen molar-refractivity contribution in [1.82, 2.24) is 20.1 Å². The molecule has 0 fully saturated rings. The van der Waals surface area contributed by atoms with E-state index in [2.05, 4.69) is 31.0 Å². The molecule has 2 amide bonds. The van der Waals surface area contributed by atoms with Gasteiger partial charge in [0.1, 0.15) is 11.8 Å². The SMILES string of the molecule is CONC(=O)c1ccc(C)c(Nc2ncnn3cc(NC(C)=O)c(C)c23)c1. The Hall–Kier alpha value is -3.46. The summed E-state index contributed by atoms with van der Waals surface area (Å²) in [6, 6.07) is 5.26. The normalized spacial score (nSPS) is 10.7. The molecule has 3 rings (SSSR count). The number of aromatic nitrogens is 3. The van der Waals surface area contributed by atoms with E-state index in [0.717, 1.165) is 22.3 Å². The molecule has 0 unspecified atom stereocenters. The van der Waals surface area contributed by atoms with Gasteiger partial charge in [-0.1, -0.05) is 6.07 Å². The van der Waals surface area contributed by atoms with E-state index in [1.54, 1.807) is 22.8 Å². The quantitative estimate of drug-likeness (QED) is 0.596. The summed E-state index contributed by atoms with van der Waals surface area (Å²) in [5.41, 5.74) is 6.63. The monoisotopic (exact) mass is 368 g/mol. The largest absolute Gasteiger partial charge is 0.338 e. The molecule has 0 radical (unpaired) electrons. The fraction of sp³-hybridized carbons (Fsp3) is 0.222. The number of fused-ring (bicyclic) bond motifs is 1. The summed E-state index contributed by atoms with van der Waals surface area (Å²) >= 11 is 0. The van der Waals surface area contributed by atoms with Crippen molar-refractivity contribution in [2.24, 2.45) is 0 Å². The van der Waals surface area contributed by atoms with Crippen molar-refractivity contribution in [1.29, 1.82) is 0 Å². The number of carbonyl (C=O) groups excluding carboxylic acids is 2. The Labute approximate surface area is 155 Å². The van der Waals surface area contributed by atoms with E-state index in [1.807, 2.05) is 19.9 Å². The summed E-state index contributed by atoms with van der Waals surface area (Å²) in [6.07, 6.45) is 3.15. The molecule has 0 saturated heterocycles. The van der Waals surface area contributed by atoms with Gasteiger partial charge in [-0.05, 0) is 31.5 Å². The fourth-order valence-corrected chi connectivity index (χ4v) is 2.74. The highest BCUT2D eigenvalue weighted by atomic mass is 16.6. The first-order chi connectivity index (χ1) is 12.9. The average Bonchev–Trinajstić information content (AvgIpc) is 2.93. The van der Waals surface area contributed by atoms with Gasteiger partial charge in [0.25, 0.3) is 5.91 Å². The summed E-state index contributed by atoms with van der Waals surface area (Å²) in [5.74, 6) is 0.0517. The van der Waals surface area contributed by atoms with Gasteiger partial charge in [0.2, 0.25) is 5.91 Å². The van der Waals surface area contributed by atoms with Crippen LogP contribution in [0, 0.1) is 13.8 Å². The van der Waals surface area contributed by atoms with Crippen LogP contribution in [-0.4, -0.2) is 33.5 Å². The van der Waals surface area contributed by atoms with E-state index in [0.29, 0.717) is 17.1 Å². The Bertz CT molecular complexity index is 1030. The molecule has 3 aromatic rings. The molecule has 0 atom stereocenters. The smallest absolute Gasteiger partial charge is 0.274 e. The van der Waals surface area contributed by atoms with E-state index in [-0.39, 0.29) is 11.8 Å². The van der Waals surface area contributed by atoms with Crippen LogP contribution in [0.5, 0.6) is 0 Å². The Balaban J connectivity index is 2.02. The van der Waals surface area contributed by atoms with Gasteiger partial charge in [-0.2, -0.15) is 5.10 Å². The number of hydrogen-bond donors (Lipinski definition) is 3. The van der Waals surface area contributed by atoms with Crippen molar-refractivity contribution in [3.63, 3.8) is 0 Å². The predicted molar refractivity (Wildman–Crippen MR) is 101 cm³/mol. The van der Waals surface area contributed by atoms with Crippen LogP contribution in [0.4, 0.5) is 17.2 Å². The highest BCUT2D eigenvalue weighted by molar-refractivity contribution is 5.95. The van der Waals surface area contributed by atoms with Crippen LogP contribution in [0.25, 0.3) is 5.52 Å². The molecule has 3 N–H and O–H groups in total. The van der Waals surface area contributed by atoms with Crippen LogP contribution in [0.3, 0.4) is 0 Å². The first-order valence-corrected chi connectivity index (χ1v) is 8.22. The van der Waals surface area contributed by atoms with Crippen molar-refractivity contribution < 1.29 is 14.4 Å². The molecule has 0 aliphatic rings. The molecule has 140 valence electrons. The molecule has 1 aromatic carbocycles. The van der Waals surface area contributed by atoms with Crippen molar-refractivity contribution in [3.8, 4) is 0 Å². The Morgan fingerprint density at radius 1 is 1.19 bits per heavy atom. The highest BCUT2D eigenvalue weighted by Gasteiger charge is 2.15. The van der Waals surface area contributed by atoms with Gasteiger partial charge in [0.15, 0.2) is 5.82 Å². The van der Waals surface area contributed by atoms with Gasteiger partial charge < -0.3 is 10.6 Å². The van der Waals surface area contributed by atoms with Crippen LogP contribution in [0.15, 0.2) is 30.7 Å². The standard InChI is InChI=1S/C18H20N6O3/c1-10-5-6-13(18(26)23-27-4)7-14(10)22-17-16-11(2)15(21-12(3)25)8-24(16)20-9-19-17/h5-9H,1-4H3,(H,21,25)(H,23,26)(H,19,20,22). The maximum atomic E-state index is 12.0. The zero-order valence-electron chi connectivity index (χ0n) is 15.5. The van der Waals surface area contributed by atoms with E-state index < -0.39 is 0 Å². The van der Waals surface area contributed by atoms with Crippen LogP contribution in [0.2, 0.25) is 0 Å². The number of amides is 2. The summed E-state index contributed by atoms with van der Waals surface area (Å²) in [7, 11) is 1.38. The van der Waals surface area contributed by atoms with Crippen LogP contribution < -0.4 is 16.1 Å². The average molecular weight is 368 g/mol. The maximum absolute atomic E-state index is 12.0. The summed E-state index contributed by atoms with van der Waals surface area (Å²) in [5, 5.41) is 10.2. The third-order valence-corrected chi connectivity index (χ3v) is 4.09. The summed E-state index contributed by atoms with van der Waals surface area (Å²) in [4.78, 5) is 32.4. The zero-order chi connectivity index (χ0) is 19.6. The van der Waals surface area contributed by atoms with E-state index in [4.69, 9.17) is 0 Å². The highest BCUT2D eigenvalue weighted by Crippen LogP contribution is 2.29. The number of rotatable bonds is 5. The third-order valence-electron chi connectivity index (χ3n) is 4.09. The van der Waals surface area contributed by atoms with Crippen molar-refractivity contribution in [2.75, 3.05) is 17.7 Å². The van der Waals surface area contributed by atoms with Crippen molar-refractivity contribution >= 4 is 34.5 Å². The molecule has 2 heterocycles. The molecule has 27 heavy (non-hydrogen) atoms. The second kappa shape index (κ2) is 7.42. The lowest BCUT2D eigenvalue weighted by molar-refractivity contribution is -0.114. The number of nitrogens with one attached hydrogen (secondary N) is 3. The number of aryl methyl sites for hydroxylation is 2. The molecule has 9 nitrogen and oxygen atoms in total. The van der Waals surface area contributed by atoms with Gasteiger partial charge in [-0.15, -0.1) is 0 Å². The molecule has 0 saturated carbocycles. The van der Waals surface area contributed by atoms with Gasteiger partial charge in [0, 0.05) is 23.7 Å². The fourth-order valence-electron chi connectivity index (χ4n) is 2.74. The number of hydroxylamine groups is 1. The predicted octanol–water partition coefficient (Wildman–Crippen LogP) is 2.34. The van der Waals surface area contributed by atoms with E-state index in [1.165, 1.54) is 20.4 Å². The topological polar surface area (TPSA) is 110 Å². The minimum atomic E-state index is -0.347. The number of carbonyl (C=O) groups is 2. The number of nitrogens with zero attached hydrogens (tertiary/aromatic N) is 3. The first-order valence-electron chi connectivity index (χ1n) is 8.22. The van der Waals surface area contributed by atoms with Crippen molar-refractivity contribution in [3.05, 3.63) is 47.4 Å². The van der Waals surface area contributed by atoms with Crippen LogP contribution >= 0.6 is 0 Å². The third kappa shape index (κ3) is 3.72. The molecular weight excluding hydrogens is 348 g/mol. The van der Waals surface area contributed by atoms with Crippen molar-refractivity contribution in [2.45, 2.75) is 20.8 Å². The molecule has 0 aliphatic carbocycles. The molecule has 0 aliphatic heterocycles. The first kappa shape index (κ1) is 18.3. The Morgan fingerprint density at radius 2 is 1.96 bits per heavy atom. The van der Waals surface area contributed by atoms with Crippen LogP contribution in [0.1, 0.15) is 28.4 Å². The van der Waals surface area contributed by atoms with Gasteiger partial charge in [-0.3, -0.25) is 14.4 Å². The molecule has 0 spiro atoms. The summed E-state index contributed by atoms with van der Waals surface area (Å²) < 4.78 is 1.65. The molecule has 9 heteroatoms. The minimum Gasteiger partial charge on any atom is -0.338 e. The van der Waals surface area contributed by atoms with Gasteiger partial charge >= 0.3 is 0 Å². The number of benzene rings is 1. The molecular formula is C18H20N6O3. The lowest BCUT2D eigenvalue weighted by Crippen LogP contribution is -2.21. The molecule has 2 aromatic heterocycles. The Morgan fingerprint density at radius 3 is 2.67 bits per heavy atom. The number of anilines is 3. The van der Waals surface area contributed by atoms with Gasteiger partial charge in [-0.25, -0.2) is 15.0 Å². The maximum Gasteiger partial charge on any atom is 0.274 e. The van der Waals surface area contributed by atoms with E-state index in [9.17, 15) is 9.59 Å². The van der Waals surface area contributed by atoms with E-state index >= 15 is 0 Å². The number of hydrogen-bond acceptors (Lipinski definition) is 6. The zero-order valence-corrected chi connectivity index (χ0v) is 15.5. The van der Waals surface area contributed by atoms with Crippen LogP contribution in [-0.2, 0) is 9.63 Å². The summed E-state index contributed by atoms with van der Waals surface area (Å²) in [6.45, 7) is 5.25. The molecule has 0 bridgehead atoms. The second-order valence-electron chi connectivity index (χ2n) is 6.04.